The fraction of sp³-hybridized carbons (Fsp3) is 0.471. The number of halogens is 2. The van der Waals surface area contributed by atoms with Gasteiger partial charge in [-0.2, -0.15) is 0 Å². The van der Waals surface area contributed by atoms with Crippen molar-refractivity contribution in [2.75, 3.05) is 6.54 Å². The molecule has 2 aromatic rings. The molecule has 0 spiro atoms. The zero-order chi connectivity index (χ0) is 17.3. The second-order valence-electron chi connectivity index (χ2n) is 6.90. The third-order valence-electron chi connectivity index (χ3n) is 3.48. The van der Waals surface area contributed by atoms with Crippen LogP contribution < -0.4 is 5.32 Å². The predicted molar refractivity (Wildman–Crippen MR) is 88.4 cm³/mol. The number of rotatable bonds is 5. The minimum Gasteiger partial charge on any atom is -0.384 e. The molecule has 6 heteroatoms. The summed E-state index contributed by atoms with van der Waals surface area (Å²) in [5, 5.41) is 16.5. The van der Waals surface area contributed by atoms with E-state index in [2.05, 4.69) is 31.1 Å². The van der Waals surface area contributed by atoms with E-state index in [0.717, 1.165) is 22.8 Å². The first kappa shape index (κ1) is 18.0. The lowest BCUT2D eigenvalue weighted by Gasteiger charge is -2.24. The van der Waals surface area contributed by atoms with Gasteiger partial charge in [0.05, 0.1) is 10.7 Å². The second kappa shape index (κ2) is 6.63. The van der Waals surface area contributed by atoms with Gasteiger partial charge in [-0.3, -0.25) is 0 Å². The van der Waals surface area contributed by atoms with Gasteiger partial charge < -0.3 is 10.4 Å². The van der Waals surface area contributed by atoms with Crippen molar-refractivity contribution < 1.29 is 13.9 Å². The van der Waals surface area contributed by atoms with Gasteiger partial charge in [0.25, 0.3) is 0 Å². The molecule has 23 heavy (non-hydrogen) atoms. The SMILES string of the molecule is CC(C)(C)c1nc(CNCC(C)(O)c2ccc(F)cc2F)cs1. The normalized spacial score (nSPS) is 14.7. The van der Waals surface area contributed by atoms with Gasteiger partial charge in [0.15, 0.2) is 0 Å². The van der Waals surface area contributed by atoms with E-state index in [0.29, 0.717) is 6.54 Å². The fourth-order valence-electron chi connectivity index (χ4n) is 2.19. The first-order valence-electron chi connectivity index (χ1n) is 7.43. The Morgan fingerprint density at radius 2 is 1.91 bits per heavy atom. The van der Waals surface area contributed by atoms with E-state index >= 15 is 0 Å². The van der Waals surface area contributed by atoms with E-state index in [9.17, 15) is 13.9 Å². The number of nitrogens with zero attached hydrogens (tertiary/aromatic N) is 1. The summed E-state index contributed by atoms with van der Waals surface area (Å²) in [5.74, 6) is -1.41. The van der Waals surface area contributed by atoms with Crippen molar-refractivity contribution in [1.29, 1.82) is 0 Å². The van der Waals surface area contributed by atoms with Gasteiger partial charge in [0.2, 0.25) is 0 Å². The standard InChI is InChI=1S/C17H22F2N2OS/c1-16(2,3)15-21-12(9-23-15)8-20-10-17(4,22)13-6-5-11(18)7-14(13)19/h5-7,9,20,22H,8,10H2,1-4H3. The van der Waals surface area contributed by atoms with Gasteiger partial charge in [-0.25, -0.2) is 13.8 Å². The zero-order valence-electron chi connectivity index (χ0n) is 13.8. The Bertz CT molecular complexity index is 677. The minimum absolute atomic E-state index is 0.00561. The lowest BCUT2D eigenvalue weighted by Crippen LogP contribution is -2.36. The highest BCUT2D eigenvalue weighted by Gasteiger charge is 2.26. The molecular formula is C17H22F2N2OS. The molecule has 1 aromatic heterocycles. The third kappa shape index (κ3) is 4.56. The van der Waals surface area contributed by atoms with Crippen LogP contribution in [0.4, 0.5) is 8.78 Å². The second-order valence-corrected chi connectivity index (χ2v) is 7.75. The molecule has 0 aliphatic heterocycles. The van der Waals surface area contributed by atoms with Gasteiger partial charge in [-0.05, 0) is 13.0 Å². The van der Waals surface area contributed by atoms with Crippen molar-refractivity contribution in [3.05, 3.63) is 51.5 Å². The Balaban J connectivity index is 1.98. The summed E-state index contributed by atoms with van der Waals surface area (Å²) in [5.41, 5.74) is -0.470. The summed E-state index contributed by atoms with van der Waals surface area (Å²) in [6.07, 6.45) is 0. The summed E-state index contributed by atoms with van der Waals surface area (Å²) in [6, 6.07) is 3.19. The molecule has 1 heterocycles. The number of aliphatic hydroxyl groups is 1. The van der Waals surface area contributed by atoms with Crippen molar-refractivity contribution in [1.82, 2.24) is 10.3 Å². The number of nitrogens with one attached hydrogen (secondary N) is 1. The number of hydrogen-bond acceptors (Lipinski definition) is 4. The van der Waals surface area contributed by atoms with Gasteiger partial charge >= 0.3 is 0 Å². The van der Waals surface area contributed by atoms with Crippen molar-refractivity contribution >= 4 is 11.3 Å². The Morgan fingerprint density at radius 3 is 2.48 bits per heavy atom. The topological polar surface area (TPSA) is 45.2 Å². The van der Waals surface area contributed by atoms with Crippen LogP contribution in [-0.2, 0) is 17.6 Å². The molecule has 1 atom stereocenters. The Hall–Kier alpha value is -1.37. The van der Waals surface area contributed by atoms with Crippen LogP contribution in [0.2, 0.25) is 0 Å². The van der Waals surface area contributed by atoms with Gasteiger partial charge in [0, 0.05) is 35.5 Å². The monoisotopic (exact) mass is 340 g/mol. The maximum absolute atomic E-state index is 13.8. The number of hydrogen-bond donors (Lipinski definition) is 2. The van der Waals surface area contributed by atoms with Gasteiger partial charge in [-0.1, -0.05) is 26.8 Å². The smallest absolute Gasteiger partial charge is 0.132 e. The number of aromatic nitrogens is 1. The van der Waals surface area contributed by atoms with E-state index in [1.807, 2.05) is 5.38 Å². The maximum Gasteiger partial charge on any atom is 0.132 e. The molecule has 126 valence electrons. The summed E-state index contributed by atoms with van der Waals surface area (Å²) in [4.78, 5) is 4.55. The van der Waals surface area contributed by atoms with Crippen LogP contribution in [0.3, 0.4) is 0 Å². The first-order valence-corrected chi connectivity index (χ1v) is 8.31. The average Bonchev–Trinajstić information content (AvgIpc) is 2.86. The average molecular weight is 340 g/mol. The van der Waals surface area contributed by atoms with E-state index in [-0.39, 0.29) is 17.5 Å². The number of benzene rings is 1. The quantitative estimate of drug-likeness (QED) is 0.872. The van der Waals surface area contributed by atoms with Crippen molar-refractivity contribution in [2.45, 2.75) is 45.3 Å². The Labute approximate surface area is 139 Å². The highest BCUT2D eigenvalue weighted by molar-refractivity contribution is 7.09. The minimum atomic E-state index is -1.43. The summed E-state index contributed by atoms with van der Waals surface area (Å²) in [7, 11) is 0. The van der Waals surface area contributed by atoms with Crippen LogP contribution in [0.25, 0.3) is 0 Å². The molecule has 0 saturated heterocycles. The van der Waals surface area contributed by atoms with Crippen LogP contribution in [0.5, 0.6) is 0 Å². The van der Waals surface area contributed by atoms with Crippen LogP contribution in [0.1, 0.15) is 44.0 Å². The molecule has 0 radical (unpaired) electrons. The van der Waals surface area contributed by atoms with E-state index < -0.39 is 17.2 Å². The Kier molecular flexibility index (Phi) is 5.18. The fourth-order valence-corrected chi connectivity index (χ4v) is 3.10. The molecular weight excluding hydrogens is 318 g/mol. The third-order valence-corrected chi connectivity index (χ3v) is 4.80. The highest BCUT2D eigenvalue weighted by Crippen LogP contribution is 2.26. The molecule has 0 saturated carbocycles. The van der Waals surface area contributed by atoms with Crippen LogP contribution in [0, 0.1) is 11.6 Å². The lowest BCUT2D eigenvalue weighted by molar-refractivity contribution is 0.0527. The van der Waals surface area contributed by atoms with Gasteiger partial charge in [-0.15, -0.1) is 11.3 Å². The van der Waals surface area contributed by atoms with Crippen LogP contribution in [0.15, 0.2) is 23.6 Å². The first-order chi connectivity index (χ1) is 10.6. The van der Waals surface area contributed by atoms with E-state index in [1.165, 1.54) is 13.0 Å². The number of thiazole rings is 1. The molecule has 0 aliphatic carbocycles. The summed E-state index contributed by atoms with van der Waals surface area (Å²) < 4.78 is 26.8. The Morgan fingerprint density at radius 1 is 1.22 bits per heavy atom. The predicted octanol–water partition coefficient (Wildman–Crippen LogP) is 3.72. The van der Waals surface area contributed by atoms with E-state index in [1.54, 1.807) is 11.3 Å². The molecule has 0 aliphatic rings. The molecule has 0 amide bonds. The van der Waals surface area contributed by atoms with Crippen molar-refractivity contribution in [3.8, 4) is 0 Å². The molecule has 0 bridgehead atoms. The molecule has 2 rings (SSSR count). The van der Waals surface area contributed by atoms with Crippen molar-refractivity contribution in [3.63, 3.8) is 0 Å². The zero-order valence-corrected chi connectivity index (χ0v) is 14.6. The summed E-state index contributed by atoms with van der Waals surface area (Å²) >= 11 is 1.60. The molecule has 1 unspecified atom stereocenters. The van der Waals surface area contributed by atoms with Crippen LogP contribution in [-0.4, -0.2) is 16.6 Å². The highest BCUT2D eigenvalue weighted by atomic mass is 32.1. The van der Waals surface area contributed by atoms with Gasteiger partial charge in [0.1, 0.15) is 17.2 Å². The summed E-state index contributed by atoms with van der Waals surface area (Å²) in [6.45, 7) is 8.42. The van der Waals surface area contributed by atoms with Crippen molar-refractivity contribution in [2.24, 2.45) is 0 Å². The van der Waals surface area contributed by atoms with E-state index in [4.69, 9.17) is 0 Å². The molecule has 3 nitrogen and oxygen atoms in total. The molecule has 2 N–H and O–H groups in total. The largest absolute Gasteiger partial charge is 0.384 e. The van der Waals surface area contributed by atoms with Crippen LogP contribution >= 0.6 is 11.3 Å². The molecule has 0 fully saturated rings. The lowest BCUT2D eigenvalue weighted by atomic mass is 9.95. The maximum atomic E-state index is 13.8. The molecule has 1 aromatic carbocycles.